The molecule has 6 nitrogen and oxygen atoms in total. The van der Waals surface area contributed by atoms with Gasteiger partial charge in [-0.25, -0.2) is 17.9 Å². The highest BCUT2D eigenvalue weighted by atomic mass is 32.2. The molecule has 1 atom stereocenters. The van der Waals surface area contributed by atoms with Crippen LogP contribution in [0.5, 0.6) is 5.75 Å². The van der Waals surface area contributed by atoms with Crippen molar-refractivity contribution in [3.8, 4) is 5.75 Å². The Morgan fingerprint density at radius 1 is 1.07 bits per heavy atom. The van der Waals surface area contributed by atoms with Crippen molar-refractivity contribution >= 4 is 20.9 Å². The van der Waals surface area contributed by atoms with E-state index >= 15 is 0 Å². The largest absolute Gasteiger partial charge is 0.478 e. The first kappa shape index (κ1) is 20.9. The number of ether oxygens (including phenoxy) is 1. The molecule has 10 heteroatoms. The maximum Gasteiger partial charge on any atom is 0.430 e. The summed E-state index contributed by atoms with van der Waals surface area (Å²) in [5, 5.41) is 9.40. The van der Waals surface area contributed by atoms with Crippen LogP contribution in [-0.4, -0.2) is 38.3 Å². The summed E-state index contributed by atoms with van der Waals surface area (Å²) in [4.78, 5) is 10.7. The molecule has 2 aromatic carbocycles. The van der Waals surface area contributed by atoms with Crippen molar-refractivity contribution in [2.24, 2.45) is 0 Å². The fourth-order valence-electron chi connectivity index (χ4n) is 2.98. The standard InChI is InChI=1S/C19H16F3NO5S/c20-19(21,22)17-15(18(24)25)16(13-8-4-5-9-14(13)28-17)29(26,27)23-11-10-12-6-2-1-3-7-12/h1-9,17,23H,10-11H2,(H,24,25). The molecule has 0 aromatic heterocycles. The molecule has 29 heavy (non-hydrogen) atoms. The van der Waals surface area contributed by atoms with E-state index in [0.29, 0.717) is 0 Å². The predicted molar refractivity (Wildman–Crippen MR) is 98.5 cm³/mol. The molecule has 154 valence electrons. The highest BCUT2D eigenvalue weighted by molar-refractivity contribution is 7.99. The second kappa shape index (κ2) is 7.88. The van der Waals surface area contributed by atoms with Crippen LogP contribution >= 0.6 is 0 Å². The molecule has 0 aliphatic carbocycles. The minimum atomic E-state index is -5.12. The summed E-state index contributed by atoms with van der Waals surface area (Å²) in [5.74, 6) is -2.38. The lowest BCUT2D eigenvalue weighted by Gasteiger charge is -2.30. The molecule has 0 radical (unpaired) electrons. The van der Waals surface area contributed by atoms with E-state index in [1.807, 2.05) is 0 Å². The Balaban J connectivity index is 2.04. The lowest BCUT2D eigenvalue weighted by Crippen LogP contribution is -2.43. The Bertz CT molecular complexity index is 1050. The van der Waals surface area contributed by atoms with Crippen molar-refractivity contribution in [1.29, 1.82) is 0 Å². The van der Waals surface area contributed by atoms with Crippen LogP contribution in [0.25, 0.3) is 4.91 Å². The Labute approximate surface area is 164 Å². The number of alkyl halides is 3. The lowest BCUT2D eigenvalue weighted by molar-refractivity contribution is -0.187. The summed E-state index contributed by atoms with van der Waals surface area (Å²) in [7, 11) is -4.59. The van der Waals surface area contributed by atoms with Crippen LogP contribution in [0.1, 0.15) is 11.1 Å². The van der Waals surface area contributed by atoms with E-state index in [-0.39, 0.29) is 24.3 Å². The molecule has 0 amide bonds. The van der Waals surface area contributed by atoms with E-state index in [1.165, 1.54) is 18.2 Å². The first-order valence-electron chi connectivity index (χ1n) is 8.45. The van der Waals surface area contributed by atoms with Gasteiger partial charge in [-0.2, -0.15) is 13.2 Å². The van der Waals surface area contributed by atoms with E-state index in [4.69, 9.17) is 4.74 Å². The van der Waals surface area contributed by atoms with Crippen molar-refractivity contribution in [1.82, 2.24) is 4.72 Å². The zero-order chi connectivity index (χ0) is 21.2. The van der Waals surface area contributed by atoms with E-state index in [1.54, 1.807) is 30.3 Å². The van der Waals surface area contributed by atoms with Crippen LogP contribution in [0.2, 0.25) is 0 Å². The second-order valence-electron chi connectivity index (χ2n) is 6.22. The van der Waals surface area contributed by atoms with Crippen molar-refractivity contribution in [2.45, 2.75) is 18.7 Å². The molecule has 1 aliphatic heterocycles. The highest BCUT2D eigenvalue weighted by Gasteiger charge is 2.52. The third-order valence-electron chi connectivity index (χ3n) is 4.23. The zero-order valence-corrected chi connectivity index (χ0v) is 15.6. The first-order chi connectivity index (χ1) is 13.6. The van der Waals surface area contributed by atoms with E-state index in [2.05, 4.69) is 4.72 Å². The number of aliphatic carboxylic acids is 1. The highest BCUT2D eigenvalue weighted by Crippen LogP contribution is 2.43. The van der Waals surface area contributed by atoms with Crippen LogP contribution < -0.4 is 9.46 Å². The summed E-state index contributed by atoms with van der Waals surface area (Å²) in [6.07, 6.45) is -7.75. The van der Waals surface area contributed by atoms with Gasteiger partial charge in [0.15, 0.2) is 0 Å². The number of rotatable bonds is 6. The van der Waals surface area contributed by atoms with Crippen LogP contribution in [0.15, 0.2) is 60.2 Å². The van der Waals surface area contributed by atoms with Gasteiger partial charge in [0.2, 0.25) is 16.1 Å². The summed E-state index contributed by atoms with van der Waals surface area (Å²) >= 11 is 0. The Morgan fingerprint density at radius 3 is 2.31 bits per heavy atom. The maximum atomic E-state index is 13.4. The van der Waals surface area contributed by atoms with Gasteiger partial charge in [0, 0.05) is 12.1 Å². The van der Waals surface area contributed by atoms with E-state index < -0.39 is 38.8 Å². The number of para-hydroxylation sites is 1. The Morgan fingerprint density at radius 2 is 1.69 bits per heavy atom. The number of nitrogens with one attached hydrogen (secondary N) is 1. The van der Waals surface area contributed by atoms with E-state index in [9.17, 15) is 31.5 Å². The van der Waals surface area contributed by atoms with Crippen LogP contribution in [0.3, 0.4) is 0 Å². The number of fused-ring (bicyclic) bond motifs is 1. The Hall–Kier alpha value is -2.85. The van der Waals surface area contributed by atoms with Crippen molar-refractivity contribution in [2.75, 3.05) is 6.54 Å². The lowest BCUT2D eigenvalue weighted by atomic mass is 10.0. The molecular formula is C19H16F3NO5S. The summed E-state index contributed by atoms with van der Waals surface area (Å²) in [6, 6.07) is 13.9. The number of carboxylic acids is 1. The van der Waals surface area contributed by atoms with Gasteiger partial charge in [0.05, 0.1) is 0 Å². The monoisotopic (exact) mass is 427 g/mol. The van der Waals surface area contributed by atoms with Crippen LogP contribution in [0.4, 0.5) is 13.2 Å². The fourth-order valence-corrected chi connectivity index (χ4v) is 4.44. The smallest absolute Gasteiger partial charge is 0.430 e. The van der Waals surface area contributed by atoms with Gasteiger partial charge in [0.25, 0.3) is 0 Å². The number of hydrogen-bond donors (Lipinski definition) is 2. The van der Waals surface area contributed by atoms with Crippen molar-refractivity contribution in [3.05, 3.63) is 71.3 Å². The van der Waals surface area contributed by atoms with Gasteiger partial charge in [-0.1, -0.05) is 42.5 Å². The van der Waals surface area contributed by atoms with Gasteiger partial charge >= 0.3 is 12.1 Å². The SMILES string of the molecule is O=C(O)C1=C(S(=O)(=O)NCCc2ccccc2)c2ccccc2OC1C(F)(F)F. The summed E-state index contributed by atoms with van der Waals surface area (Å²) < 4.78 is 73.1. The van der Waals surface area contributed by atoms with Crippen LogP contribution in [-0.2, 0) is 21.2 Å². The number of sulfonamides is 1. The van der Waals surface area contributed by atoms with Crippen LogP contribution in [0, 0.1) is 0 Å². The molecule has 0 spiro atoms. The van der Waals surface area contributed by atoms with Gasteiger partial charge in [0.1, 0.15) is 16.2 Å². The van der Waals surface area contributed by atoms with E-state index in [0.717, 1.165) is 11.6 Å². The predicted octanol–water partition coefficient (Wildman–Crippen LogP) is 2.97. The molecule has 1 heterocycles. The van der Waals surface area contributed by atoms with Crippen molar-refractivity contribution < 1.29 is 36.2 Å². The molecule has 0 bridgehead atoms. The summed E-state index contributed by atoms with van der Waals surface area (Å²) in [6.45, 7) is -0.123. The number of carboxylic acid groups (broad SMARTS) is 1. The second-order valence-corrected chi connectivity index (χ2v) is 7.92. The molecule has 0 saturated carbocycles. The average Bonchev–Trinajstić information content (AvgIpc) is 2.66. The number of benzene rings is 2. The van der Waals surface area contributed by atoms with Gasteiger partial charge in [-0.3, -0.25) is 0 Å². The quantitative estimate of drug-likeness (QED) is 0.740. The number of halogens is 3. The molecule has 0 saturated heterocycles. The topological polar surface area (TPSA) is 92.7 Å². The maximum absolute atomic E-state index is 13.4. The normalized spacial score (nSPS) is 16.9. The minimum Gasteiger partial charge on any atom is -0.478 e. The molecule has 1 aliphatic rings. The van der Waals surface area contributed by atoms with Gasteiger partial charge < -0.3 is 9.84 Å². The third kappa shape index (κ3) is 4.43. The van der Waals surface area contributed by atoms with Gasteiger partial charge in [-0.05, 0) is 24.1 Å². The zero-order valence-electron chi connectivity index (χ0n) is 14.8. The summed E-state index contributed by atoms with van der Waals surface area (Å²) in [5.41, 5.74) is -0.802. The molecule has 3 rings (SSSR count). The Kier molecular flexibility index (Phi) is 5.67. The number of carbonyl (C=O) groups is 1. The third-order valence-corrected chi connectivity index (χ3v) is 5.79. The number of hydrogen-bond acceptors (Lipinski definition) is 4. The first-order valence-corrected chi connectivity index (χ1v) is 9.93. The molecule has 0 fully saturated rings. The molecule has 2 aromatic rings. The fraction of sp³-hybridized carbons (Fsp3) is 0.211. The van der Waals surface area contributed by atoms with Gasteiger partial charge in [-0.15, -0.1) is 0 Å². The minimum absolute atomic E-state index is 0.123. The molecular weight excluding hydrogens is 411 g/mol. The molecule has 2 N–H and O–H groups in total. The molecule has 1 unspecified atom stereocenters. The van der Waals surface area contributed by atoms with Crippen molar-refractivity contribution in [3.63, 3.8) is 0 Å². The average molecular weight is 427 g/mol.